The molecule has 0 aromatic rings. The zero-order valence-electron chi connectivity index (χ0n) is 7.64. The maximum Gasteiger partial charge on any atom is 0.523 e. The molecule has 3 nitrogen and oxygen atoms in total. The molecule has 0 aromatic heterocycles. The van der Waals surface area contributed by atoms with Crippen LogP contribution in [-0.4, -0.2) is 26.5 Å². The van der Waals surface area contributed by atoms with Gasteiger partial charge >= 0.3 is 15.6 Å². The predicted octanol–water partition coefficient (Wildman–Crippen LogP) is 2.29. The van der Waals surface area contributed by atoms with E-state index in [9.17, 15) is 30.4 Å². The number of hydrogen-bond acceptors (Lipinski definition) is 3. The van der Waals surface area contributed by atoms with Gasteiger partial charge in [0.15, 0.2) is 0 Å². The molecule has 9 heteroatoms. The first-order valence-electron chi connectivity index (χ1n) is 3.85. The second-order valence-corrected chi connectivity index (χ2v) is 4.29. The van der Waals surface area contributed by atoms with Crippen LogP contribution in [0.4, 0.5) is 22.0 Å². The summed E-state index contributed by atoms with van der Waals surface area (Å²) in [6.07, 6.45) is -1.67. The normalized spacial score (nSPS) is 14.3. The van der Waals surface area contributed by atoms with Crippen molar-refractivity contribution in [1.29, 1.82) is 0 Å². The molecule has 0 atom stereocenters. The lowest BCUT2D eigenvalue weighted by molar-refractivity contribution is -0.0591. The van der Waals surface area contributed by atoms with E-state index < -0.39 is 41.0 Å². The van der Waals surface area contributed by atoms with Crippen molar-refractivity contribution in [3.63, 3.8) is 0 Å². The summed E-state index contributed by atoms with van der Waals surface area (Å²) < 4.78 is 83.7. The maximum atomic E-state index is 12.5. The predicted molar refractivity (Wildman–Crippen MR) is 40.8 cm³/mol. The van der Waals surface area contributed by atoms with Crippen LogP contribution in [0.1, 0.15) is 19.8 Å². The van der Waals surface area contributed by atoms with Gasteiger partial charge in [0.1, 0.15) is 0 Å². The lowest BCUT2D eigenvalue weighted by atomic mass is 10.2. The van der Waals surface area contributed by atoms with Crippen molar-refractivity contribution in [1.82, 2.24) is 0 Å². The summed E-state index contributed by atoms with van der Waals surface area (Å²) in [6.45, 7) is -0.0685. The summed E-state index contributed by atoms with van der Waals surface area (Å²) in [5.41, 5.74) is -5.57. The van der Waals surface area contributed by atoms with Gasteiger partial charge in [-0.25, -0.2) is 8.78 Å². The largest absolute Gasteiger partial charge is 0.523 e. The Morgan fingerprint density at radius 2 is 1.60 bits per heavy atom. The van der Waals surface area contributed by atoms with Crippen molar-refractivity contribution in [2.24, 2.45) is 0 Å². The number of alkyl halides is 5. The quantitative estimate of drug-likeness (QED) is 0.430. The molecule has 0 amide bonds. The van der Waals surface area contributed by atoms with Gasteiger partial charge in [-0.05, 0) is 0 Å². The fourth-order valence-electron chi connectivity index (χ4n) is 0.544. The highest BCUT2D eigenvalue weighted by atomic mass is 32.2. The fraction of sp³-hybridized carbons (Fsp3) is 1.00. The third kappa shape index (κ3) is 4.74. The van der Waals surface area contributed by atoms with Crippen molar-refractivity contribution >= 4 is 10.1 Å². The van der Waals surface area contributed by atoms with E-state index >= 15 is 0 Å². The molecule has 0 spiro atoms. The maximum absolute atomic E-state index is 12.5. The highest BCUT2D eigenvalue weighted by molar-refractivity contribution is 7.87. The molecule has 0 N–H and O–H groups in total. The zero-order valence-corrected chi connectivity index (χ0v) is 8.46. The van der Waals surface area contributed by atoms with E-state index in [-0.39, 0.29) is 0 Å². The average Bonchev–Trinajstić information content (AvgIpc) is 2.01. The van der Waals surface area contributed by atoms with Crippen molar-refractivity contribution < 1.29 is 34.6 Å². The molecule has 0 heterocycles. The Hall–Kier alpha value is -0.440. The van der Waals surface area contributed by atoms with E-state index in [1.807, 2.05) is 0 Å². The van der Waals surface area contributed by atoms with E-state index in [4.69, 9.17) is 0 Å². The third-order valence-electron chi connectivity index (χ3n) is 1.51. The summed E-state index contributed by atoms with van der Waals surface area (Å²) in [4.78, 5) is 0. The van der Waals surface area contributed by atoms with Crippen LogP contribution in [0.3, 0.4) is 0 Å². The van der Waals surface area contributed by atoms with Crippen LogP contribution in [0.25, 0.3) is 0 Å². The Balaban J connectivity index is 4.20. The van der Waals surface area contributed by atoms with Crippen LogP contribution in [0.2, 0.25) is 0 Å². The standard InChI is InChI=1S/C6H9F5O3S/c1-2-5(7,8)3-4-14-15(12,13)6(9,10)11/h2-4H2,1H3. The van der Waals surface area contributed by atoms with Crippen LogP contribution >= 0.6 is 0 Å². The summed E-state index contributed by atoms with van der Waals surface area (Å²) in [5, 5.41) is 0. The monoisotopic (exact) mass is 256 g/mol. The molecule has 0 bridgehead atoms. The summed E-state index contributed by atoms with van der Waals surface area (Å²) >= 11 is 0. The van der Waals surface area contributed by atoms with Gasteiger partial charge in [-0.2, -0.15) is 21.6 Å². The van der Waals surface area contributed by atoms with Gasteiger partial charge in [-0.1, -0.05) is 6.92 Å². The van der Waals surface area contributed by atoms with Gasteiger partial charge in [0.05, 0.1) is 6.61 Å². The minimum absolute atomic E-state index is 0.595. The molecule has 0 saturated carbocycles. The highest BCUT2D eigenvalue weighted by Crippen LogP contribution is 2.27. The Bertz CT molecular complexity index is 294. The SMILES string of the molecule is CCC(F)(F)CCOS(=O)(=O)C(F)(F)F. The molecule has 0 aliphatic heterocycles. The van der Waals surface area contributed by atoms with Crippen LogP contribution in [0, 0.1) is 0 Å². The van der Waals surface area contributed by atoms with E-state index in [0.717, 1.165) is 6.92 Å². The van der Waals surface area contributed by atoms with E-state index in [0.29, 0.717) is 0 Å². The first-order chi connectivity index (χ1) is 6.52. The molecule has 92 valence electrons. The van der Waals surface area contributed by atoms with E-state index in [1.54, 1.807) is 0 Å². The molecule has 0 aliphatic rings. The average molecular weight is 256 g/mol. The fourth-order valence-corrected chi connectivity index (χ4v) is 0.981. The van der Waals surface area contributed by atoms with Gasteiger partial charge in [-0.3, -0.25) is 4.18 Å². The van der Waals surface area contributed by atoms with Crippen molar-refractivity contribution in [3.8, 4) is 0 Å². The molecule has 15 heavy (non-hydrogen) atoms. The van der Waals surface area contributed by atoms with Crippen LogP contribution in [0.15, 0.2) is 0 Å². The highest BCUT2D eigenvalue weighted by Gasteiger charge is 2.47. The molecule has 0 saturated heterocycles. The Morgan fingerprint density at radius 1 is 1.13 bits per heavy atom. The van der Waals surface area contributed by atoms with Crippen LogP contribution < -0.4 is 0 Å². The number of halogens is 5. The Labute approximate surface area is 83.3 Å². The molecule has 0 radical (unpaired) electrons. The van der Waals surface area contributed by atoms with Gasteiger partial charge in [0.2, 0.25) is 5.92 Å². The minimum atomic E-state index is -5.76. The molecule has 0 aliphatic carbocycles. The topological polar surface area (TPSA) is 43.4 Å². The summed E-state index contributed by atoms with van der Waals surface area (Å²) in [6, 6.07) is 0. The third-order valence-corrected chi connectivity index (χ3v) is 2.55. The zero-order chi connectivity index (χ0) is 12.3. The van der Waals surface area contributed by atoms with Crippen molar-refractivity contribution in [2.75, 3.05) is 6.61 Å². The first-order valence-corrected chi connectivity index (χ1v) is 5.26. The molecule has 0 aromatic carbocycles. The van der Waals surface area contributed by atoms with E-state index in [2.05, 4.69) is 4.18 Å². The van der Waals surface area contributed by atoms with Gasteiger partial charge in [-0.15, -0.1) is 0 Å². The molecule has 0 rings (SSSR count). The number of hydrogen-bond donors (Lipinski definition) is 0. The summed E-state index contributed by atoms with van der Waals surface area (Å²) in [7, 11) is -5.76. The smallest absolute Gasteiger partial charge is 0.263 e. The van der Waals surface area contributed by atoms with Crippen LogP contribution in [-0.2, 0) is 14.3 Å². The lowest BCUT2D eigenvalue weighted by Crippen LogP contribution is -2.27. The van der Waals surface area contributed by atoms with Crippen molar-refractivity contribution in [2.45, 2.75) is 31.2 Å². The summed E-state index contributed by atoms with van der Waals surface area (Å²) in [5.74, 6) is -3.22. The molecule has 0 unspecified atom stereocenters. The molecule has 0 fully saturated rings. The Kier molecular flexibility index (Phi) is 4.47. The molecular formula is C6H9F5O3S. The van der Waals surface area contributed by atoms with Gasteiger partial charge < -0.3 is 0 Å². The first kappa shape index (κ1) is 14.6. The lowest BCUT2D eigenvalue weighted by Gasteiger charge is -2.14. The minimum Gasteiger partial charge on any atom is -0.263 e. The second-order valence-electron chi connectivity index (χ2n) is 2.68. The van der Waals surface area contributed by atoms with Gasteiger partial charge in [0.25, 0.3) is 0 Å². The molecular weight excluding hydrogens is 247 g/mol. The Morgan fingerprint density at radius 3 is 1.93 bits per heavy atom. The van der Waals surface area contributed by atoms with E-state index in [1.165, 1.54) is 0 Å². The van der Waals surface area contributed by atoms with Crippen molar-refractivity contribution in [3.05, 3.63) is 0 Å². The van der Waals surface area contributed by atoms with Crippen LogP contribution in [0.5, 0.6) is 0 Å². The second kappa shape index (κ2) is 4.60. The number of rotatable bonds is 5. The van der Waals surface area contributed by atoms with Gasteiger partial charge in [0, 0.05) is 12.8 Å².